The third kappa shape index (κ3) is 12.1. The van der Waals surface area contributed by atoms with Gasteiger partial charge in [0, 0.05) is 50.4 Å². The maximum atomic E-state index is 16.4. The minimum atomic E-state index is -1.28. The molecule has 4 saturated heterocycles. The molecule has 0 aliphatic carbocycles. The van der Waals surface area contributed by atoms with Gasteiger partial charge in [0.15, 0.2) is 0 Å². The van der Waals surface area contributed by atoms with Gasteiger partial charge in [-0.15, -0.1) is 0 Å². The van der Waals surface area contributed by atoms with Crippen LogP contribution in [-0.2, 0) is 33.4 Å². The quantitative estimate of drug-likeness (QED) is 0.111. The van der Waals surface area contributed by atoms with Crippen LogP contribution in [-0.4, -0.2) is 131 Å². The highest BCUT2D eigenvalue weighted by Crippen LogP contribution is 2.48. The Morgan fingerprint density at radius 3 is 1.54 bits per heavy atom. The van der Waals surface area contributed by atoms with E-state index in [0.29, 0.717) is 55.8 Å². The van der Waals surface area contributed by atoms with Gasteiger partial charge in [0.25, 0.3) is 0 Å². The molecule has 3 aromatic rings. The van der Waals surface area contributed by atoms with E-state index in [1.54, 1.807) is 17.9 Å². The molecule has 19 heteroatoms. The van der Waals surface area contributed by atoms with Crippen LogP contribution in [0.1, 0.15) is 82.5 Å². The number of methoxy groups -OCH3 is 3. The largest absolute Gasteiger partial charge is 0.453 e. The lowest BCUT2D eigenvalue weighted by molar-refractivity contribution is -0.141. The topological polar surface area (TPSA) is 191 Å². The molecule has 384 valence electrons. The molecule has 4 fully saturated rings. The van der Waals surface area contributed by atoms with Crippen LogP contribution in [0.4, 0.5) is 36.7 Å². The van der Waals surface area contributed by atoms with Crippen molar-refractivity contribution in [2.75, 3.05) is 67.9 Å². The molecule has 3 aromatic carbocycles. The summed E-state index contributed by atoms with van der Waals surface area (Å²) in [5.74, 6) is -1.92. The van der Waals surface area contributed by atoms with Gasteiger partial charge in [-0.25, -0.2) is 14.0 Å². The molecule has 7 atom stereocenters. The minimum Gasteiger partial charge on any atom is -0.453 e. The highest BCUT2D eigenvalue weighted by molar-refractivity contribution is 6.77. The van der Waals surface area contributed by atoms with Gasteiger partial charge >= 0.3 is 12.2 Å². The minimum absolute atomic E-state index is 0.154. The summed E-state index contributed by atoms with van der Waals surface area (Å²) in [4.78, 5) is 86.5. The molecule has 4 N–H and O–H groups in total. The Morgan fingerprint density at radius 1 is 0.634 bits per heavy atom. The monoisotopic (exact) mass is 999 g/mol. The van der Waals surface area contributed by atoms with Gasteiger partial charge in [-0.3, -0.25) is 19.2 Å². The van der Waals surface area contributed by atoms with Gasteiger partial charge in [0.05, 0.1) is 46.2 Å². The second-order valence-electron chi connectivity index (χ2n) is 20.3. The number of nitrogens with one attached hydrogen (secondary N) is 4. The van der Waals surface area contributed by atoms with Crippen LogP contribution in [0.15, 0.2) is 66.7 Å². The average molecular weight is 999 g/mol. The zero-order chi connectivity index (χ0) is 51.1. The number of hydrogen-bond acceptors (Lipinski definition) is 11. The number of rotatable bonds is 15. The first-order chi connectivity index (χ1) is 33.9. The molecular formula is C52H71FN8O9Si. The molecule has 6 amide bonds. The molecule has 0 spiro atoms. The van der Waals surface area contributed by atoms with E-state index in [0.717, 1.165) is 54.8 Å². The zero-order valence-corrected chi connectivity index (χ0v) is 43.3. The highest BCUT2D eigenvalue weighted by atomic mass is 28.3. The van der Waals surface area contributed by atoms with E-state index < -0.39 is 56.4 Å². The summed E-state index contributed by atoms with van der Waals surface area (Å²) in [5.41, 5.74) is 4.42. The van der Waals surface area contributed by atoms with Crippen LogP contribution in [0.5, 0.6) is 0 Å². The lowest BCUT2D eigenvalue weighted by Gasteiger charge is -2.38. The van der Waals surface area contributed by atoms with E-state index in [-0.39, 0.29) is 41.5 Å². The number of amides is 6. The molecule has 4 aliphatic rings. The van der Waals surface area contributed by atoms with Crippen LogP contribution in [0.25, 0.3) is 0 Å². The van der Waals surface area contributed by atoms with Crippen LogP contribution in [0, 0.1) is 11.7 Å². The molecule has 0 radical (unpaired) electrons. The molecular weight excluding hydrogens is 928 g/mol. The first-order valence-electron chi connectivity index (χ1n) is 24.9. The van der Waals surface area contributed by atoms with Gasteiger partial charge < -0.3 is 55.1 Å². The molecule has 7 rings (SSSR count). The number of carbonyl (C=O) groups is 6. The second-order valence-corrected chi connectivity index (χ2v) is 25.6. The lowest BCUT2D eigenvalue weighted by atomic mass is 10.0. The van der Waals surface area contributed by atoms with Crippen LogP contribution in [0.2, 0.25) is 25.2 Å². The van der Waals surface area contributed by atoms with E-state index in [9.17, 15) is 28.8 Å². The molecule has 4 aliphatic heterocycles. The Bertz CT molecular complexity index is 2400. The van der Waals surface area contributed by atoms with Crippen molar-refractivity contribution in [2.45, 2.75) is 127 Å². The predicted molar refractivity (Wildman–Crippen MR) is 272 cm³/mol. The number of benzene rings is 3. The molecule has 71 heavy (non-hydrogen) atoms. The van der Waals surface area contributed by atoms with Crippen molar-refractivity contribution in [2.24, 2.45) is 5.92 Å². The number of hydrogen-bond donors (Lipinski definition) is 4. The van der Waals surface area contributed by atoms with Crippen molar-refractivity contribution < 1.29 is 47.4 Å². The molecule has 4 heterocycles. The van der Waals surface area contributed by atoms with E-state index >= 15 is 4.39 Å². The highest BCUT2D eigenvalue weighted by Gasteiger charge is 2.42. The van der Waals surface area contributed by atoms with Crippen molar-refractivity contribution in [3.63, 3.8) is 0 Å². The van der Waals surface area contributed by atoms with Crippen molar-refractivity contribution in [3.8, 4) is 0 Å². The lowest BCUT2D eigenvalue weighted by Crippen LogP contribution is -2.56. The summed E-state index contributed by atoms with van der Waals surface area (Å²) in [5, 5.41) is 11.2. The number of halogens is 1. The maximum absolute atomic E-state index is 16.4. The Balaban J connectivity index is 1.09. The summed E-state index contributed by atoms with van der Waals surface area (Å²) in [6.07, 6.45) is 1.55. The Hall–Kier alpha value is -6.21. The summed E-state index contributed by atoms with van der Waals surface area (Å²) in [7, 11) is 2.61. The normalized spacial score (nSPS) is 22.1. The SMILES string of the molecule is COC(=O)N[C@H](C(=O)N1CCC[C@H]1C(=O)Nc1ccc([C@@H]2CC[C@@H](c3ccc(NC(=O)[C@@H]4CCCN4C(=O)[C@@H](NC(=O)OC)[C@@H](C)OC)cc3)N2c2ccc(N3CC[Si](C)(C)CC3)c(F)c2)cc1)C(C)C. The van der Waals surface area contributed by atoms with E-state index in [2.05, 4.69) is 44.2 Å². The molecule has 0 bridgehead atoms. The Labute approximate surface area is 417 Å². The van der Waals surface area contributed by atoms with E-state index in [4.69, 9.17) is 14.2 Å². The first kappa shape index (κ1) is 52.6. The van der Waals surface area contributed by atoms with Crippen molar-refractivity contribution in [1.82, 2.24) is 20.4 Å². The summed E-state index contributed by atoms with van der Waals surface area (Å²) >= 11 is 0. The fraction of sp³-hybridized carbons (Fsp3) is 0.538. The van der Waals surface area contributed by atoms with Crippen molar-refractivity contribution in [1.29, 1.82) is 0 Å². The number of ether oxygens (including phenoxy) is 3. The summed E-state index contributed by atoms with van der Waals surface area (Å²) < 4.78 is 31.3. The van der Waals surface area contributed by atoms with Crippen molar-refractivity contribution >= 4 is 66.6 Å². The van der Waals surface area contributed by atoms with E-state index in [1.807, 2.05) is 74.5 Å². The summed E-state index contributed by atoms with van der Waals surface area (Å²) in [6.45, 7) is 12.5. The maximum Gasteiger partial charge on any atom is 0.407 e. The third-order valence-corrected chi connectivity index (χ3v) is 18.0. The van der Waals surface area contributed by atoms with Gasteiger partial charge in [-0.1, -0.05) is 51.2 Å². The van der Waals surface area contributed by atoms with E-state index in [1.165, 1.54) is 26.2 Å². The second kappa shape index (κ2) is 22.9. The first-order valence-corrected chi connectivity index (χ1v) is 28.3. The summed E-state index contributed by atoms with van der Waals surface area (Å²) in [6, 6.07) is 19.4. The zero-order valence-electron chi connectivity index (χ0n) is 42.3. The third-order valence-electron chi connectivity index (χ3n) is 14.8. The number of alkyl carbamates (subject to hydrolysis) is 2. The fourth-order valence-corrected chi connectivity index (χ4v) is 12.5. The predicted octanol–water partition coefficient (Wildman–Crippen LogP) is 7.44. The molecule has 0 unspecified atom stereocenters. The van der Waals surface area contributed by atoms with Gasteiger partial charge in [-0.2, -0.15) is 0 Å². The van der Waals surface area contributed by atoms with Crippen LogP contribution in [0.3, 0.4) is 0 Å². The number of anilines is 4. The Kier molecular flexibility index (Phi) is 17.0. The van der Waals surface area contributed by atoms with Gasteiger partial charge in [-0.05, 0) is 117 Å². The smallest absolute Gasteiger partial charge is 0.407 e. The van der Waals surface area contributed by atoms with Crippen molar-refractivity contribution in [3.05, 3.63) is 83.7 Å². The number of carbonyl (C=O) groups excluding carboxylic acids is 6. The molecule has 0 saturated carbocycles. The van der Waals surface area contributed by atoms with Gasteiger partial charge in [0.2, 0.25) is 23.6 Å². The number of nitrogens with zero attached hydrogens (tertiary/aromatic N) is 4. The standard InChI is InChI=1S/C52H71FN8O9Si/c1-32(2)45(56-51(66)69-5)49(64)59-25-9-11-43(59)47(62)54-36-17-13-34(14-18-36)40-23-24-41(61(40)38-21-22-42(39(53)31-38)58-27-29-71(7,8)30-28-58)35-15-19-37(20-16-35)55-48(63)44-12-10-26-60(44)50(65)46(33(3)68-4)57-52(67)70-6/h13-22,31-33,40-41,43-46H,9-12,23-30H2,1-8H3,(H,54,62)(H,55,63)(H,56,66)(H,57,67)/t33-,40+,41+,43+,44+,45+,46+/m1/s1. The van der Waals surface area contributed by atoms with Gasteiger partial charge in [0.1, 0.15) is 30.0 Å². The molecule has 17 nitrogen and oxygen atoms in total. The number of likely N-dealkylation sites (tertiary alicyclic amines) is 2. The average Bonchev–Trinajstić information content (AvgIpc) is 4.16. The van der Waals surface area contributed by atoms with Crippen LogP contribution < -0.4 is 31.1 Å². The Morgan fingerprint density at radius 2 is 1.10 bits per heavy atom. The fourth-order valence-electron chi connectivity index (χ4n) is 10.5. The molecule has 0 aromatic heterocycles. The van der Waals surface area contributed by atoms with Crippen LogP contribution >= 0.6 is 0 Å².